The van der Waals surface area contributed by atoms with Gasteiger partial charge in [0.2, 0.25) is 0 Å². The molecule has 1 aliphatic heterocycles. The summed E-state index contributed by atoms with van der Waals surface area (Å²) in [6.07, 6.45) is 3.76. The molecule has 0 saturated carbocycles. The minimum absolute atomic E-state index is 0.264. The van der Waals surface area contributed by atoms with Crippen LogP contribution in [0.4, 0.5) is 4.39 Å². The zero-order chi connectivity index (χ0) is 15.4. The van der Waals surface area contributed by atoms with E-state index in [1.54, 1.807) is 16.8 Å². The molecule has 1 aliphatic rings. The Kier molecular flexibility index (Phi) is 4.58. The molecule has 1 aromatic heterocycles. The highest BCUT2D eigenvalue weighted by Gasteiger charge is 2.16. The van der Waals surface area contributed by atoms with Crippen molar-refractivity contribution in [2.24, 2.45) is 0 Å². The molecule has 6 heteroatoms. The van der Waals surface area contributed by atoms with Crippen molar-refractivity contribution in [3.63, 3.8) is 0 Å². The number of likely N-dealkylation sites (tertiary alicyclic amines) is 1. The van der Waals surface area contributed by atoms with Gasteiger partial charge in [0.25, 0.3) is 0 Å². The second kappa shape index (κ2) is 6.79. The van der Waals surface area contributed by atoms with E-state index >= 15 is 0 Å². The molecule has 0 aliphatic carbocycles. The number of carbonyl (C=O) groups is 1. The number of carbonyl (C=O) groups excluding carboxylic acids is 1. The zero-order valence-electron chi connectivity index (χ0n) is 12.4. The molecular formula is C16H19FN4O. The van der Waals surface area contributed by atoms with Crippen molar-refractivity contribution in [2.75, 3.05) is 19.6 Å². The first-order chi connectivity index (χ1) is 10.8. The predicted molar refractivity (Wildman–Crippen MR) is 80.3 cm³/mol. The van der Waals surface area contributed by atoms with Gasteiger partial charge in [0, 0.05) is 13.0 Å². The highest BCUT2D eigenvalue weighted by molar-refractivity contribution is 5.73. The lowest BCUT2D eigenvalue weighted by Crippen LogP contribution is -2.25. The van der Waals surface area contributed by atoms with Crippen LogP contribution in [0.2, 0.25) is 0 Å². The van der Waals surface area contributed by atoms with Crippen LogP contribution in [0.15, 0.2) is 24.3 Å². The van der Waals surface area contributed by atoms with Crippen LogP contribution in [0.1, 0.15) is 34.6 Å². The molecule has 0 unspecified atom stereocenters. The number of nitrogens with zero attached hydrogens (tertiary/aromatic N) is 4. The van der Waals surface area contributed by atoms with Crippen molar-refractivity contribution in [1.82, 2.24) is 19.9 Å². The second-order valence-corrected chi connectivity index (χ2v) is 5.61. The second-order valence-electron chi connectivity index (χ2n) is 5.61. The van der Waals surface area contributed by atoms with Crippen LogP contribution in [0.3, 0.4) is 0 Å². The molecule has 116 valence electrons. The fourth-order valence-corrected chi connectivity index (χ4v) is 2.84. The quantitative estimate of drug-likeness (QED) is 0.765. The van der Waals surface area contributed by atoms with Crippen LogP contribution in [0.5, 0.6) is 0 Å². The highest BCUT2D eigenvalue weighted by atomic mass is 19.1. The maximum absolute atomic E-state index is 13.0. The molecule has 22 heavy (non-hydrogen) atoms. The molecule has 0 spiro atoms. The van der Waals surface area contributed by atoms with Gasteiger partial charge < -0.3 is 4.90 Å². The summed E-state index contributed by atoms with van der Waals surface area (Å²) in [7, 11) is 0. The van der Waals surface area contributed by atoms with Crippen molar-refractivity contribution >= 4 is 6.29 Å². The summed E-state index contributed by atoms with van der Waals surface area (Å²) in [4.78, 5) is 13.6. The topological polar surface area (TPSA) is 51.0 Å². The summed E-state index contributed by atoms with van der Waals surface area (Å²) >= 11 is 0. The van der Waals surface area contributed by atoms with Gasteiger partial charge in [0.05, 0.1) is 12.2 Å². The Balaban J connectivity index is 1.74. The minimum Gasteiger partial charge on any atom is -0.301 e. The van der Waals surface area contributed by atoms with Crippen LogP contribution in [-0.2, 0) is 13.0 Å². The lowest BCUT2D eigenvalue weighted by Gasteiger charge is -2.15. The molecule has 0 amide bonds. The number of aldehydes is 1. The zero-order valence-corrected chi connectivity index (χ0v) is 12.4. The Morgan fingerprint density at radius 3 is 2.55 bits per heavy atom. The SMILES string of the molecule is O=Cc1nnn(CCN2CCCC2)c1Cc1ccc(F)cc1. The standard InChI is InChI=1S/C16H19FN4O/c17-14-5-3-13(4-6-14)11-16-15(12-22)18-19-21(16)10-9-20-7-1-2-8-20/h3-6,12H,1-2,7-11H2. The molecule has 1 saturated heterocycles. The van der Waals surface area contributed by atoms with Crippen LogP contribution in [0, 0.1) is 5.82 Å². The van der Waals surface area contributed by atoms with Crippen molar-refractivity contribution < 1.29 is 9.18 Å². The molecule has 0 bridgehead atoms. The van der Waals surface area contributed by atoms with E-state index < -0.39 is 0 Å². The molecule has 0 atom stereocenters. The number of halogens is 1. The molecule has 5 nitrogen and oxygen atoms in total. The first-order valence-electron chi connectivity index (χ1n) is 7.60. The molecular weight excluding hydrogens is 283 g/mol. The Labute approximate surface area is 128 Å². The van der Waals surface area contributed by atoms with Crippen LogP contribution in [0.25, 0.3) is 0 Å². The molecule has 2 heterocycles. The van der Waals surface area contributed by atoms with Crippen molar-refractivity contribution in [3.05, 3.63) is 47.0 Å². The summed E-state index contributed by atoms with van der Waals surface area (Å²) < 4.78 is 14.8. The van der Waals surface area contributed by atoms with Crippen LogP contribution in [-0.4, -0.2) is 45.8 Å². The Hall–Kier alpha value is -2.08. The van der Waals surface area contributed by atoms with E-state index in [1.807, 2.05) is 0 Å². The maximum atomic E-state index is 13.0. The average Bonchev–Trinajstić information content (AvgIpc) is 3.17. The third kappa shape index (κ3) is 3.39. The van der Waals surface area contributed by atoms with Gasteiger partial charge in [0.1, 0.15) is 11.5 Å². The van der Waals surface area contributed by atoms with E-state index in [2.05, 4.69) is 15.2 Å². The molecule has 0 radical (unpaired) electrons. The largest absolute Gasteiger partial charge is 0.301 e. The normalized spacial score (nSPS) is 15.3. The maximum Gasteiger partial charge on any atom is 0.172 e. The number of hydrogen-bond acceptors (Lipinski definition) is 4. The summed E-state index contributed by atoms with van der Waals surface area (Å²) in [5.74, 6) is -0.264. The summed E-state index contributed by atoms with van der Waals surface area (Å²) in [5, 5.41) is 8.04. The lowest BCUT2D eigenvalue weighted by atomic mass is 10.1. The van der Waals surface area contributed by atoms with Gasteiger partial charge in [-0.3, -0.25) is 4.79 Å². The van der Waals surface area contributed by atoms with Crippen molar-refractivity contribution in [1.29, 1.82) is 0 Å². The molecule has 1 fully saturated rings. The fourth-order valence-electron chi connectivity index (χ4n) is 2.84. The third-order valence-electron chi connectivity index (χ3n) is 4.09. The minimum atomic E-state index is -0.264. The van der Waals surface area contributed by atoms with Gasteiger partial charge in [-0.2, -0.15) is 0 Å². The van der Waals surface area contributed by atoms with Gasteiger partial charge in [-0.05, 0) is 43.6 Å². The van der Waals surface area contributed by atoms with Crippen LogP contribution >= 0.6 is 0 Å². The van der Waals surface area contributed by atoms with E-state index in [9.17, 15) is 9.18 Å². The van der Waals surface area contributed by atoms with Crippen molar-refractivity contribution in [3.8, 4) is 0 Å². The number of rotatable bonds is 6. The Morgan fingerprint density at radius 2 is 1.86 bits per heavy atom. The van der Waals surface area contributed by atoms with Crippen LogP contribution < -0.4 is 0 Å². The van der Waals surface area contributed by atoms with Gasteiger partial charge >= 0.3 is 0 Å². The van der Waals surface area contributed by atoms with Gasteiger partial charge in [-0.25, -0.2) is 9.07 Å². The van der Waals surface area contributed by atoms with Crippen molar-refractivity contribution in [2.45, 2.75) is 25.8 Å². The molecule has 3 rings (SSSR count). The lowest BCUT2D eigenvalue weighted by molar-refractivity contribution is 0.111. The van der Waals surface area contributed by atoms with E-state index in [0.29, 0.717) is 12.1 Å². The summed E-state index contributed by atoms with van der Waals surface area (Å²) in [6, 6.07) is 6.30. The first kappa shape index (κ1) is 14.8. The Morgan fingerprint density at radius 1 is 1.14 bits per heavy atom. The third-order valence-corrected chi connectivity index (χ3v) is 4.09. The van der Waals surface area contributed by atoms with E-state index in [0.717, 1.165) is 43.7 Å². The van der Waals surface area contributed by atoms with Gasteiger partial charge in [0.15, 0.2) is 6.29 Å². The van der Waals surface area contributed by atoms with Gasteiger partial charge in [-0.1, -0.05) is 17.3 Å². The van der Waals surface area contributed by atoms with Gasteiger partial charge in [-0.15, -0.1) is 5.10 Å². The molecule has 0 N–H and O–H groups in total. The first-order valence-corrected chi connectivity index (χ1v) is 7.60. The highest BCUT2D eigenvalue weighted by Crippen LogP contribution is 2.13. The summed E-state index contributed by atoms with van der Waals surface area (Å²) in [5.41, 5.74) is 2.10. The number of aromatic nitrogens is 3. The number of hydrogen-bond donors (Lipinski definition) is 0. The summed E-state index contributed by atoms with van der Waals surface area (Å²) in [6.45, 7) is 3.89. The predicted octanol–water partition coefficient (Wildman–Crippen LogP) is 1.92. The number of benzene rings is 1. The molecule has 1 aromatic carbocycles. The van der Waals surface area contributed by atoms with E-state index in [4.69, 9.17) is 0 Å². The average molecular weight is 302 g/mol. The van der Waals surface area contributed by atoms with E-state index in [-0.39, 0.29) is 5.82 Å². The Bertz CT molecular complexity index is 632. The fraction of sp³-hybridized carbons (Fsp3) is 0.438. The monoisotopic (exact) mass is 302 g/mol. The molecule has 2 aromatic rings. The van der Waals surface area contributed by atoms with E-state index in [1.165, 1.54) is 25.0 Å². The smallest absolute Gasteiger partial charge is 0.172 e.